The molecule has 1 aliphatic heterocycles. The van der Waals surface area contributed by atoms with E-state index in [2.05, 4.69) is 42.7 Å². The third kappa shape index (κ3) is 3.26. The Hall–Kier alpha value is -2.26. The lowest BCUT2D eigenvalue weighted by atomic mass is 10.1. The third-order valence-corrected chi connectivity index (χ3v) is 3.42. The summed E-state index contributed by atoms with van der Waals surface area (Å²) in [4.78, 5) is 15.1. The summed E-state index contributed by atoms with van der Waals surface area (Å²) in [5.41, 5.74) is 2.46. The second-order valence-electron chi connectivity index (χ2n) is 5.12. The van der Waals surface area contributed by atoms with Crippen molar-refractivity contribution < 1.29 is 0 Å². The van der Waals surface area contributed by atoms with E-state index in [4.69, 9.17) is 5.84 Å². The molecule has 0 saturated carbocycles. The van der Waals surface area contributed by atoms with Gasteiger partial charge in [0.2, 0.25) is 11.9 Å². The SMILES string of the molecule is CN1CCCC(Nc2nc(NN)nc(-n3cccn3)n2)C1. The van der Waals surface area contributed by atoms with E-state index in [0.717, 1.165) is 25.9 Å². The van der Waals surface area contributed by atoms with Gasteiger partial charge in [-0.3, -0.25) is 5.43 Å². The fourth-order valence-corrected chi connectivity index (χ4v) is 2.45. The molecule has 0 amide bonds. The number of hydrazine groups is 1. The summed E-state index contributed by atoms with van der Waals surface area (Å²) in [6, 6.07) is 2.13. The van der Waals surface area contributed by atoms with Crippen LogP contribution in [0.25, 0.3) is 5.95 Å². The quantitative estimate of drug-likeness (QED) is 0.526. The number of hydrogen-bond acceptors (Lipinski definition) is 8. The topological polar surface area (TPSA) is 110 Å². The second kappa shape index (κ2) is 6.02. The van der Waals surface area contributed by atoms with Crippen molar-refractivity contribution in [2.45, 2.75) is 18.9 Å². The lowest BCUT2D eigenvalue weighted by molar-refractivity contribution is 0.260. The summed E-state index contributed by atoms with van der Waals surface area (Å²) in [5, 5.41) is 7.47. The van der Waals surface area contributed by atoms with Gasteiger partial charge in [0.25, 0.3) is 5.95 Å². The molecular weight excluding hydrogens is 270 g/mol. The zero-order valence-electron chi connectivity index (χ0n) is 11.9. The minimum atomic E-state index is 0.308. The zero-order valence-corrected chi connectivity index (χ0v) is 11.9. The Morgan fingerprint density at radius 1 is 1.29 bits per heavy atom. The standard InChI is InChI=1S/C12H19N9/c1-20-6-2-4-9(8-20)15-10-16-11(19-13)18-12(17-10)21-7-3-5-14-21/h3,5,7,9H,2,4,6,8,13H2,1H3,(H2,15,16,17,18,19). The first kappa shape index (κ1) is 13.7. The summed E-state index contributed by atoms with van der Waals surface area (Å²) in [7, 11) is 2.11. The van der Waals surface area contributed by atoms with Gasteiger partial charge in [-0.1, -0.05) is 0 Å². The fourth-order valence-electron chi connectivity index (χ4n) is 2.45. The Balaban J connectivity index is 1.82. The van der Waals surface area contributed by atoms with Gasteiger partial charge in [-0.15, -0.1) is 0 Å². The van der Waals surface area contributed by atoms with E-state index in [1.54, 1.807) is 17.1 Å². The number of anilines is 2. The molecule has 21 heavy (non-hydrogen) atoms. The van der Waals surface area contributed by atoms with Gasteiger partial charge in [0.15, 0.2) is 0 Å². The van der Waals surface area contributed by atoms with Gasteiger partial charge in [-0.25, -0.2) is 10.5 Å². The van der Waals surface area contributed by atoms with Crippen molar-refractivity contribution in [3.63, 3.8) is 0 Å². The highest BCUT2D eigenvalue weighted by atomic mass is 15.4. The maximum atomic E-state index is 5.43. The van der Waals surface area contributed by atoms with Crippen molar-refractivity contribution in [2.75, 3.05) is 30.9 Å². The maximum Gasteiger partial charge on any atom is 0.257 e. The van der Waals surface area contributed by atoms with Crippen LogP contribution in [0.4, 0.5) is 11.9 Å². The number of likely N-dealkylation sites (tertiary alicyclic amines) is 1. The first-order valence-electron chi connectivity index (χ1n) is 6.92. The number of nitrogens with two attached hydrogens (primary N) is 1. The number of aromatic nitrogens is 5. The number of nitrogens with zero attached hydrogens (tertiary/aromatic N) is 6. The molecule has 0 bridgehead atoms. The van der Waals surface area contributed by atoms with Crippen molar-refractivity contribution in [1.29, 1.82) is 0 Å². The van der Waals surface area contributed by atoms with Crippen LogP contribution in [0.5, 0.6) is 0 Å². The van der Waals surface area contributed by atoms with Gasteiger partial charge in [0, 0.05) is 25.0 Å². The monoisotopic (exact) mass is 289 g/mol. The molecule has 1 aliphatic rings. The average Bonchev–Trinajstić information content (AvgIpc) is 3.01. The van der Waals surface area contributed by atoms with Crippen LogP contribution in [0.15, 0.2) is 18.5 Å². The summed E-state index contributed by atoms with van der Waals surface area (Å²) >= 11 is 0. The molecule has 0 aliphatic carbocycles. The van der Waals surface area contributed by atoms with Gasteiger partial charge in [-0.05, 0) is 32.5 Å². The number of hydrogen-bond donors (Lipinski definition) is 3. The van der Waals surface area contributed by atoms with E-state index < -0.39 is 0 Å². The van der Waals surface area contributed by atoms with Crippen LogP contribution >= 0.6 is 0 Å². The van der Waals surface area contributed by atoms with E-state index >= 15 is 0 Å². The molecule has 4 N–H and O–H groups in total. The number of nitrogens with one attached hydrogen (secondary N) is 2. The van der Waals surface area contributed by atoms with E-state index in [1.807, 2.05) is 6.07 Å². The Bertz CT molecular complexity index is 582. The van der Waals surface area contributed by atoms with Crippen molar-refractivity contribution in [1.82, 2.24) is 29.6 Å². The Kier molecular flexibility index (Phi) is 3.93. The third-order valence-electron chi connectivity index (χ3n) is 3.42. The molecule has 3 heterocycles. The van der Waals surface area contributed by atoms with Crippen molar-refractivity contribution >= 4 is 11.9 Å². The highest BCUT2D eigenvalue weighted by Gasteiger charge is 2.18. The molecule has 112 valence electrons. The summed E-state index contributed by atoms with van der Waals surface area (Å²) < 4.78 is 1.57. The second-order valence-corrected chi connectivity index (χ2v) is 5.12. The minimum absolute atomic E-state index is 0.308. The zero-order chi connectivity index (χ0) is 14.7. The van der Waals surface area contributed by atoms with E-state index in [1.165, 1.54) is 0 Å². The number of nitrogen functional groups attached to an aromatic ring is 1. The maximum absolute atomic E-state index is 5.43. The first-order valence-corrected chi connectivity index (χ1v) is 6.92. The Morgan fingerprint density at radius 2 is 2.14 bits per heavy atom. The van der Waals surface area contributed by atoms with Crippen LogP contribution in [0.2, 0.25) is 0 Å². The average molecular weight is 289 g/mol. The van der Waals surface area contributed by atoms with Crippen molar-refractivity contribution in [2.24, 2.45) is 5.84 Å². The largest absolute Gasteiger partial charge is 0.350 e. The lowest BCUT2D eigenvalue weighted by Gasteiger charge is -2.30. The van der Waals surface area contributed by atoms with Crippen LogP contribution in [-0.2, 0) is 0 Å². The molecule has 0 radical (unpaired) electrons. The van der Waals surface area contributed by atoms with Crippen molar-refractivity contribution in [3.8, 4) is 5.95 Å². The molecule has 0 aromatic carbocycles. The molecule has 3 rings (SSSR count). The highest BCUT2D eigenvalue weighted by molar-refractivity contribution is 5.37. The van der Waals surface area contributed by atoms with Crippen LogP contribution < -0.4 is 16.6 Å². The molecule has 2 aromatic rings. The minimum Gasteiger partial charge on any atom is -0.350 e. The molecule has 9 nitrogen and oxygen atoms in total. The van der Waals surface area contributed by atoms with Gasteiger partial charge >= 0.3 is 0 Å². The van der Waals surface area contributed by atoms with Gasteiger partial charge in [-0.2, -0.15) is 20.1 Å². The van der Waals surface area contributed by atoms with Crippen molar-refractivity contribution in [3.05, 3.63) is 18.5 Å². The van der Waals surface area contributed by atoms with Gasteiger partial charge < -0.3 is 10.2 Å². The number of rotatable bonds is 4. The first-order chi connectivity index (χ1) is 10.2. The van der Waals surface area contributed by atoms with Crippen LogP contribution in [0, 0.1) is 0 Å². The highest BCUT2D eigenvalue weighted by Crippen LogP contribution is 2.14. The normalized spacial score (nSPS) is 19.4. The molecular formula is C12H19N9. The fraction of sp³-hybridized carbons (Fsp3) is 0.500. The number of piperidine rings is 1. The van der Waals surface area contributed by atoms with E-state index in [-0.39, 0.29) is 0 Å². The van der Waals surface area contributed by atoms with Crippen LogP contribution in [0.3, 0.4) is 0 Å². The molecule has 1 atom stereocenters. The lowest BCUT2D eigenvalue weighted by Crippen LogP contribution is -2.40. The smallest absolute Gasteiger partial charge is 0.257 e. The molecule has 2 aromatic heterocycles. The van der Waals surface area contributed by atoms with E-state index in [0.29, 0.717) is 23.9 Å². The summed E-state index contributed by atoms with van der Waals surface area (Å²) in [6.07, 6.45) is 5.70. The predicted molar refractivity (Wildman–Crippen MR) is 78.9 cm³/mol. The molecule has 0 spiro atoms. The van der Waals surface area contributed by atoms with Crippen LogP contribution in [0.1, 0.15) is 12.8 Å². The molecule has 1 fully saturated rings. The van der Waals surface area contributed by atoms with Gasteiger partial charge in [0.1, 0.15) is 0 Å². The molecule has 1 unspecified atom stereocenters. The van der Waals surface area contributed by atoms with Crippen LogP contribution in [-0.4, -0.2) is 55.8 Å². The summed E-state index contributed by atoms with van der Waals surface area (Å²) in [6.45, 7) is 2.09. The van der Waals surface area contributed by atoms with E-state index in [9.17, 15) is 0 Å². The molecule has 9 heteroatoms. The van der Waals surface area contributed by atoms with Gasteiger partial charge in [0.05, 0.1) is 0 Å². The Labute approximate surface area is 122 Å². The summed E-state index contributed by atoms with van der Waals surface area (Å²) in [5.74, 6) is 6.66. The molecule has 1 saturated heterocycles. The predicted octanol–water partition coefficient (Wildman–Crippen LogP) is -0.151. The number of likely N-dealkylation sites (N-methyl/N-ethyl adjacent to an activating group) is 1. The Morgan fingerprint density at radius 3 is 2.86 bits per heavy atom.